The lowest BCUT2D eigenvalue weighted by atomic mass is 9.80. The Hall–Kier alpha value is -4.27. The van der Waals surface area contributed by atoms with Crippen molar-refractivity contribution in [3.63, 3.8) is 0 Å². The van der Waals surface area contributed by atoms with Crippen molar-refractivity contribution >= 4 is 11.2 Å². The highest BCUT2D eigenvalue weighted by molar-refractivity contribution is 5.70. The Morgan fingerprint density at radius 3 is 1.97 bits per heavy atom. The molecule has 0 amide bonds. The maximum atomic E-state index is 9.99. The Labute approximate surface area is 221 Å². The molecule has 1 N–H and O–H groups in total. The van der Waals surface area contributed by atoms with Crippen molar-refractivity contribution in [1.82, 2.24) is 19.5 Å². The van der Waals surface area contributed by atoms with Gasteiger partial charge >= 0.3 is 0 Å². The molecule has 38 heavy (non-hydrogen) atoms. The number of hydrogen-bond acceptors (Lipinski definition) is 7. The summed E-state index contributed by atoms with van der Waals surface area (Å²) >= 11 is 0. The number of nitrogens with zero attached hydrogens (tertiary/aromatic N) is 4. The van der Waals surface area contributed by atoms with E-state index < -0.39 is 5.60 Å². The average molecular weight is 511 g/mol. The minimum atomic E-state index is -0.989. The number of aliphatic hydroxyl groups is 1. The molecule has 0 spiro atoms. The van der Waals surface area contributed by atoms with Gasteiger partial charge in [-0.2, -0.15) is 0 Å². The lowest BCUT2D eigenvalue weighted by Crippen LogP contribution is -2.33. The summed E-state index contributed by atoms with van der Waals surface area (Å²) in [4.78, 5) is 13.3. The molecule has 8 heteroatoms. The number of aromatic nitrogens is 4. The molecule has 0 aliphatic heterocycles. The number of methoxy groups -OCH3 is 2. The van der Waals surface area contributed by atoms with Gasteiger partial charge < -0.3 is 23.9 Å². The second-order valence-corrected chi connectivity index (χ2v) is 8.95. The first kappa shape index (κ1) is 25.4. The van der Waals surface area contributed by atoms with Crippen LogP contribution in [0.2, 0.25) is 0 Å². The average Bonchev–Trinajstić information content (AvgIpc) is 3.36. The molecule has 0 aliphatic carbocycles. The van der Waals surface area contributed by atoms with Gasteiger partial charge in [0.2, 0.25) is 0 Å². The number of hydrogen-bond donors (Lipinski definition) is 1. The highest BCUT2D eigenvalue weighted by Gasteiger charge is 2.38. The number of ether oxygens (including phenoxy) is 3. The van der Waals surface area contributed by atoms with Crippen LogP contribution in [0.15, 0.2) is 91.4 Å². The van der Waals surface area contributed by atoms with Crippen LogP contribution in [0.3, 0.4) is 0 Å². The Bertz CT molecular complexity index is 1440. The molecule has 5 aromatic rings. The van der Waals surface area contributed by atoms with Gasteiger partial charge in [0.1, 0.15) is 41.4 Å². The van der Waals surface area contributed by atoms with E-state index in [4.69, 9.17) is 19.2 Å². The van der Waals surface area contributed by atoms with Crippen LogP contribution < -0.4 is 9.47 Å². The number of aliphatic hydroxyl groups excluding tert-OH is 1. The minimum Gasteiger partial charge on any atom is -0.497 e. The fourth-order valence-corrected chi connectivity index (χ4v) is 4.79. The van der Waals surface area contributed by atoms with E-state index in [0.29, 0.717) is 17.0 Å². The predicted octanol–water partition coefficient (Wildman–Crippen LogP) is 4.91. The summed E-state index contributed by atoms with van der Waals surface area (Å²) in [6, 6.07) is 25.6. The van der Waals surface area contributed by atoms with Crippen LogP contribution in [0.1, 0.15) is 35.5 Å². The summed E-state index contributed by atoms with van der Waals surface area (Å²) in [5.74, 6) is 2.15. The van der Waals surface area contributed by atoms with Crippen molar-refractivity contribution in [2.24, 2.45) is 0 Å². The molecule has 0 unspecified atom stereocenters. The predicted molar refractivity (Wildman–Crippen MR) is 144 cm³/mol. The largest absolute Gasteiger partial charge is 0.497 e. The van der Waals surface area contributed by atoms with Gasteiger partial charge in [-0.25, -0.2) is 15.0 Å². The minimum absolute atomic E-state index is 0.0662. The van der Waals surface area contributed by atoms with Gasteiger partial charge in [0, 0.05) is 0 Å². The Kier molecular flexibility index (Phi) is 7.35. The van der Waals surface area contributed by atoms with Crippen LogP contribution in [0.25, 0.3) is 11.2 Å². The van der Waals surface area contributed by atoms with Crippen LogP contribution in [0.4, 0.5) is 0 Å². The quantitative estimate of drug-likeness (QED) is 0.267. The lowest BCUT2D eigenvalue weighted by Gasteiger charge is -2.36. The molecular weight excluding hydrogens is 480 g/mol. The zero-order valence-corrected chi connectivity index (χ0v) is 21.6. The van der Waals surface area contributed by atoms with Gasteiger partial charge in [0.05, 0.1) is 33.1 Å². The van der Waals surface area contributed by atoms with Crippen LogP contribution >= 0.6 is 0 Å². The van der Waals surface area contributed by atoms with E-state index >= 15 is 0 Å². The maximum Gasteiger partial charge on any atom is 0.163 e. The monoisotopic (exact) mass is 510 g/mol. The summed E-state index contributed by atoms with van der Waals surface area (Å²) in [6.45, 7) is 2.00. The lowest BCUT2D eigenvalue weighted by molar-refractivity contribution is -0.00512. The molecule has 8 nitrogen and oxygen atoms in total. The van der Waals surface area contributed by atoms with E-state index in [1.54, 1.807) is 20.4 Å². The van der Waals surface area contributed by atoms with Crippen LogP contribution in [-0.2, 0) is 16.9 Å². The smallest absolute Gasteiger partial charge is 0.163 e. The van der Waals surface area contributed by atoms with Crippen LogP contribution in [0.5, 0.6) is 11.5 Å². The third kappa shape index (κ3) is 4.60. The van der Waals surface area contributed by atoms with E-state index in [1.807, 2.05) is 78.2 Å². The summed E-state index contributed by atoms with van der Waals surface area (Å²) in [5, 5.41) is 9.99. The van der Waals surface area contributed by atoms with Gasteiger partial charge in [0.25, 0.3) is 0 Å². The van der Waals surface area contributed by atoms with E-state index in [2.05, 4.69) is 22.1 Å². The van der Waals surface area contributed by atoms with Gasteiger partial charge in [-0.3, -0.25) is 0 Å². The molecule has 3 aromatic carbocycles. The standard InChI is InChI=1S/C30H30N4O4/c1-21(18-35)34-28(33-27-17-31-20-32-29(27)34)19-38-30(22-7-5-4-6-8-22,23-9-13-25(36-2)14-10-23)24-11-15-26(37-3)16-12-24/h4-17,20-21,35H,18-19H2,1-3H3/t21-/m0/s1. The molecule has 0 saturated heterocycles. The zero-order chi connectivity index (χ0) is 26.5. The van der Waals surface area contributed by atoms with Crippen molar-refractivity contribution in [3.8, 4) is 11.5 Å². The Morgan fingerprint density at radius 1 is 0.842 bits per heavy atom. The molecule has 2 aromatic heterocycles. The first-order valence-corrected chi connectivity index (χ1v) is 12.4. The fourth-order valence-electron chi connectivity index (χ4n) is 4.79. The summed E-state index contributed by atoms with van der Waals surface area (Å²) < 4.78 is 19.8. The highest BCUT2D eigenvalue weighted by Crippen LogP contribution is 2.42. The van der Waals surface area contributed by atoms with Crippen molar-refractivity contribution in [1.29, 1.82) is 0 Å². The Balaban J connectivity index is 1.69. The molecule has 0 bridgehead atoms. The van der Waals surface area contributed by atoms with Crippen LogP contribution in [0, 0.1) is 0 Å². The fraction of sp³-hybridized carbons (Fsp3) is 0.233. The SMILES string of the molecule is COc1ccc(C(OCc2nc3cncnc3n2[C@@H](C)CO)(c2ccccc2)c2ccc(OC)cc2)cc1. The number of benzene rings is 3. The van der Waals surface area contributed by atoms with Crippen molar-refractivity contribution < 1.29 is 19.3 Å². The first-order chi connectivity index (χ1) is 18.6. The van der Waals surface area contributed by atoms with E-state index in [9.17, 15) is 5.11 Å². The summed E-state index contributed by atoms with van der Waals surface area (Å²) in [5.41, 5.74) is 3.11. The van der Waals surface area contributed by atoms with E-state index in [-0.39, 0.29) is 19.3 Å². The first-order valence-electron chi connectivity index (χ1n) is 12.4. The van der Waals surface area contributed by atoms with Gasteiger partial charge in [-0.1, -0.05) is 54.6 Å². The summed E-state index contributed by atoms with van der Waals surface area (Å²) in [6.07, 6.45) is 3.15. The van der Waals surface area contributed by atoms with Gasteiger partial charge in [0.15, 0.2) is 5.65 Å². The number of imidazole rings is 1. The second kappa shape index (κ2) is 11.0. The molecule has 0 fully saturated rings. The molecule has 194 valence electrons. The molecule has 0 saturated carbocycles. The molecule has 0 radical (unpaired) electrons. The van der Waals surface area contributed by atoms with E-state index in [0.717, 1.165) is 28.2 Å². The molecule has 1 atom stereocenters. The topological polar surface area (TPSA) is 91.5 Å². The molecular formula is C30H30N4O4. The highest BCUT2D eigenvalue weighted by atomic mass is 16.5. The third-order valence-corrected chi connectivity index (χ3v) is 6.72. The van der Waals surface area contributed by atoms with Crippen molar-refractivity contribution in [3.05, 3.63) is 114 Å². The number of rotatable bonds is 10. The second-order valence-electron chi connectivity index (χ2n) is 8.95. The van der Waals surface area contributed by atoms with Crippen molar-refractivity contribution in [2.75, 3.05) is 20.8 Å². The van der Waals surface area contributed by atoms with Gasteiger partial charge in [-0.05, 0) is 47.9 Å². The van der Waals surface area contributed by atoms with Gasteiger partial charge in [-0.15, -0.1) is 0 Å². The molecule has 0 aliphatic rings. The normalized spacial score (nSPS) is 12.4. The third-order valence-electron chi connectivity index (χ3n) is 6.72. The summed E-state index contributed by atoms with van der Waals surface area (Å²) in [7, 11) is 3.30. The van der Waals surface area contributed by atoms with Crippen molar-refractivity contribution in [2.45, 2.75) is 25.2 Å². The Morgan fingerprint density at radius 2 is 1.42 bits per heavy atom. The molecule has 5 rings (SSSR count). The number of fused-ring (bicyclic) bond motifs is 1. The zero-order valence-electron chi connectivity index (χ0n) is 21.6. The van der Waals surface area contributed by atoms with Crippen LogP contribution in [-0.4, -0.2) is 45.5 Å². The maximum absolute atomic E-state index is 9.99. The molecule has 2 heterocycles. The van der Waals surface area contributed by atoms with E-state index in [1.165, 1.54) is 6.33 Å².